The summed E-state index contributed by atoms with van der Waals surface area (Å²) in [5.41, 5.74) is 0. The van der Waals surface area contributed by atoms with E-state index in [0.29, 0.717) is 6.54 Å². The highest BCUT2D eigenvalue weighted by atomic mass is 32.1. The monoisotopic (exact) mass is 154 g/mol. The topological polar surface area (TPSA) is 20.3 Å². The Morgan fingerprint density at radius 3 is 3.10 bits per heavy atom. The van der Waals surface area contributed by atoms with Crippen LogP contribution in [0.5, 0.6) is 0 Å². The first-order valence-electron chi connectivity index (χ1n) is 2.94. The van der Waals surface area contributed by atoms with E-state index in [4.69, 9.17) is 0 Å². The van der Waals surface area contributed by atoms with Crippen molar-refractivity contribution in [3.05, 3.63) is 17.5 Å². The van der Waals surface area contributed by atoms with Crippen LogP contribution < -0.4 is 4.90 Å². The van der Waals surface area contributed by atoms with Crippen LogP contribution in [0.4, 0.5) is 5.00 Å². The third-order valence-corrected chi connectivity index (χ3v) is 2.17. The second-order valence-corrected chi connectivity index (χ2v) is 2.88. The van der Waals surface area contributed by atoms with E-state index in [-0.39, 0.29) is 0 Å². The van der Waals surface area contributed by atoms with Crippen LogP contribution in [0.1, 0.15) is 0 Å². The van der Waals surface area contributed by atoms with Crippen molar-refractivity contribution in [2.45, 2.75) is 0 Å². The molecule has 2 nitrogen and oxygen atoms in total. The maximum Gasteiger partial charge on any atom is 0.219 e. The lowest BCUT2D eigenvalue weighted by Crippen LogP contribution is -2.17. The zero-order chi connectivity index (χ0) is 7.40. The molecule has 0 aliphatic heterocycles. The molecule has 3 heteroatoms. The number of nitrogens with zero attached hydrogens (tertiary/aromatic N) is 1. The number of anilines is 1. The summed E-state index contributed by atoms with van der Waals surface area (Å²) in [4.78, 5) is 11.8. The first kappa shape index (κ1) is 7.28. The third-order valence-electron chi connectivity index (χ3n) is 1.18. The lowest BCUT2D eigenvalue weighted by atomic mass is 10.5. The molecule has 0 aliphatic rings. The van der Waals surface area contributed by atoms with Gasteiger partial charge in [0, 0.05) is 7.05 Å². The fourth-order valence-electron chi connectivity index (χ4n) is 0.662. The van der Waals surface area contributed by atoms with Crippen molar-refractivity contribution in [2.75, 3.05) is 18.5 Å². The first-order chi connectivity index (χ1) is 4.84. The Morgan fingerprint density at radius 2 is 2.60 bits per heavy atom. The Kier molecular flexibility index (Phi) is 2.45. The van der Waals surface area contributed by atoms with Gasteiger partial charge in [-0.25, -0.2) is 0 Å². The van der Waals surface area contributed by atoms with Crippen LogP contribution in [-0.2, 0) is 4.79 Å². The Labute approximate surface area is 64.1 Å². The number of hydrogen-bond donors (Lipinski definition) is 0. The molecule has 0 fully saturated rings. The van der Waals surface area contributed by atoms with Crippen molar-refractivity contribution in [1.29, 1.82) is 0 Å². The maximum absolute atomic E-state index is 9.95. The van der Waals surface area contributed by atoms with Gasteiger partial charge < -0.3 is 4.90 Å². The van der Waals surface area contributed by atoms with E-state index in [1.807, 2.05) is 35.7 Å². The molecule has 0 saturated carbocycles. The van der Waals surface area contributed by atoms with Crippen LogP contribution in [0.25, 0.3) is 0 Å². The van der Waals surface area contributed by atoms with Gasteiger partial charge in [-0.2, -0.15) is 0 Å². The van der Waals surface area contributed by atoms with Gasteiger partial charge in [-0.05, 0) is 17.5 Å². The molecule has 1 aromatic heterocycles. The molecule has 1 aromatic rings. The predicted octanol–water partition coefficient (Wildman–Crippen LogP) is 1.29. The summed E-state index contributed by atoms with van der Waals surface area (Å²) in [6.07, 6.45) is 1.84. The molecular formula is C7H8NOS. The minimum absolute atomic E-state index is 0.348. The summed E-state index contributed by atoms with van der Waals surface area (Å²) in [5, 5.41) is 3.08. The quantitative estimate of drug-likeness (QED) is 0.654. The van der Waals surface area contributed by atoms with E-state index in [0.717, 1.165) is 5.00 Å². The molecule has 10 heavy (non-hydrogen) atoms. The second-order valence-electron chi connectivity index (χ2n) is 1.95. The van der Waals surface area contributed by atoms with Crippen molar-refractivity contribution in [2.24, 2.45) is 0 Å². The molecule has 0 spiro atoms. The van der Waals surface area contributed by atoms with Crippen LogP contribution in [0.2, 0.25) is 0 Å². The number of rotatable bonds is 3. The third kappa shape index (κ3) is 1.57. The molecule has 0 atom stereocenters. The van der Waals surface area contributed by atoms with Crippen molar-refractivity contribution in [3.8, 4) is 0 Å². The summed E-state index contributed by atoms with van der Waals surface area (Å²) in [7, 11) is 1.87. The van der Waals surface area contributed by atoms with Crippen molar-refractivity contribution in [1.82, 2.24) is 0 Å². The second kappa shape index (κ2) is 3.37. The van der Waals surface area contributed by atoms with Crippen LogP contribution in [0, 0.1) is 0 Å². The average molecular weight is 154 g/mol. The van der Waals surface area contributed by atoms with E-state index >= 15 is 0 Å². The first-order valence-corrected chi connectivity index (χ1v) is 3.82. The number of thiophene rings is 1. The van der Waals surface area contributed by atoms with Crippen LogP contribution in [0.15, 0.2) is 17.5 Å². The Balaban J connectivity index is 2.58. The number of likely N-dealkylation sites (N-methyl/N-ethyl adjacent to an activating group) is 1. The normalized spacial score (nSPS) is 9.30. The van der Waals surface area contributed by atoms with E-state index in [1.54, 1.807) is 11.3 Å². The molecule has 0 saturated heterocycles. The van der Waals surface area contributed by atoms with Gasteiger partial charge in [0.05, 0.1) is 11.5 Å². The van der Waals surface area contributed by atoms with E-state index in [9.17, 15) is 4.79 Å². The standard InChI is InChI=1S/C7H8NOS/c1-8(4-5-9)7-3-2-6-10-7/h2-3,6H,4H2,1H3. The number of hydrogen-bond acceptors (Lipinski definition) is 3. The van der Waals surface area contributed by atoms with Gasteiger partial charge in [0.2, 0.25) is 6.29 Å². The molecule has 0 bridgehead atoms. The van der Waals surface area contributed by atoms with Gasteiger partial charge in [0.1, 0.15) is 0 Å². The Morgan fingerprint density at radius 1 is 1.80 bits per heavy atom. The fraction of sp³-hybridized carbons (Fsp3) is 0.286. The van der Waals surface area contributed by atoms with Gasteiger partial charge in [-0.15, -0.1) is 11.3 Å². The highest BCUT2D eigenvalue weighted by molar-refractivity contribution is 7.14. The molecule has 1 radical (unpaired) electrons. The molecule has 53 valence electrons. The molecule has 0 aromatic carbocycles. The smallest absolute Gasteiger partial charge is 0.219 e. The lowest BCUT2D eigenvalue weighted by Gasteiger charge is -2.11. The van der Waals surface area contributed by atoms with E-state index in [2.05, 4.69) is 0 Å². The molecule has 1 heterocycles. The molecule has 0 aliphatic carbocycles. The van der Waals surface area contributed by atoms with Crippen LogP contribution in [-0.4, -0.2) is 19.9 Å². The van der Waals surface area contributed by atoms with Gasteiger partial charge in [0.25, 0.3) is 0 Å². The van der Waals surface area contributed by atoms with Gasteiger partial charge >= 0.3 is 0 Å². The van der Waals surface area contributed by atoms with Crippen molar-refractivity contribution >= 4 is 22.6 Å². The molecule has 1 rings (SSSR count). The largest absolute Gasteiger partial charge is 0.359 e. The highest BCUT2D eigenvalue weighted by Crippen LogP contribution is 2.18. The SMILES string of the molecule is CN(C[C]=O)c1cccs1. The Bertz CT molecular complexity index is 195. The summed E-state index contributed by atoms with van der Waals surface area (Å²) < 4.78 is 0. The lowest BCUT2D eigenvalue weighted by molar-refractivity contribution is 0.555. The Hall–Kier alpha value is -0.830. The summed E-state index contributed by atoms with van der Waals surface area (Å²) in [5.74, 6) is 0. The molecule has 0 N–H and O–H groups in total. The zero-order valence-electron chi connectivity index (χ0n) is 5.70. The predicted molar refractivity (Wildman–Crippen MR) is 43.3 cm³/mol. The maximum atomic E-state index is 9.95. The van der Waals surface area contributed by atoms with Crippen molar-refractivity contribution in [3.63, 3.8) is 0 Å². The molecule has 0 unspecified atom stereocenters. The van der Waals surface area contributed by atoms with Gasteiger partial charge in [-0.1, -0.05) is 0 Å². The summed E-state index contributed by atoms with van der Waals surface area (Å²) in [6, 6.07) is 3.93. The van der Waals surface area contributed by atoms with Crippen LogP contribution >= 0.6 is 11.3 Å². The fourth-order valence-corrected chi connectivity index (χ4v) is 1.36. The zero-order valence-corrected chi connectivity index (χ0v) is 6.52. The van der Waals surface area contributed by atoms with Gasteiger partial charge in [-0.3, -0.25) is 4.79 Å². The minimum Gasteiger partial charge on any atom is -0.359 e. The van der Waals surface area contributed by atoms with E-state index < -0.39 is 0 Å². The average Bonchev–Trinajstić information content (AvgIpc) is 2.38. The van der Waals surface area contributed by atoms with Gasteiger partial charge in [0.15, 0.2) is 0 Å². The van der Waals surface area contributed by atoms with E-state index in [1.165, 1.54) is 0 Å². The molecule has 0 amide bonds. The molecular weight excluding hydrogens is 146 g/mol. The highest BCUT2D eigenvalue weighted by Gasteiger charge is 1.98. The van der Waals surface area contributed by atoms with Crippen LogP contribution in [0.3, 0.4) is 0 Å². The minimum atomic E-state index is 0.348. The summed E-state index contributed by atoms with van der Waals surface area (Å²) in [6.45, 7) is 0.348. The van der Waals surface area contributed by atoms with Crippen molar-refractivity contribution < 1.29 is 4.79 Å². The number of carbonyl (C=O) groups excluding carboxylic acids is 1. The summed E-state index contributed by atoms with van der Waals surface area (Å²) >= 11 is 1.62.